The standard InChI is InChI=1S/C15H22FN3O2/c1-4-17-14-11(6-5-7-12(14)16)15(21)18-9-8-13(20)19-10(2)3/h5-7,10,17H,4,8-9H2,1-3H3,(H,18,21)(H,19,20). The van der Waals surface area contributed by atoms with E-state index in [2.05, 4.69) is 16.0 Å². The number of anilines is 1. The van der Waals surface area contributed by atoms with Crippen LogP contribution in [0.5, 0.6) is 0 Å². The number of amides is 2. The van der Waals surface area contributed by atoms with Gasteiger partial charge in [-0.15, -0.1) is 0 Å². The number of hydrogen-bond acceptors (Lipinski definition) is 3. The van der Waals surface area contributed by atoms with Crippen molar-refractivity contribution in [3.63, 3.8) is 0 Å². The number of carbonyl (C=O) groups excluding carboxylic acids is 2. The fraction of sp³-hybridized carbons (Fsp3) is 0.467. The van der Waals surface area contributed by atoms with Gasteiger partial charge in [0.1, 0.15) is 5.82 Å². The Hall–Kier alpha value is -2.11. The second kappa shape index (κ2) is 8.24. The van der Waals surface area contributed by atoms with Gasteiger partial charge in [0, 0.05) is 25.6 Å². The number of halogens is 1. The van der Waals surface area contributed by atoms with Gasteiger partial charge in [-0.1, -0.05) is 6.07 Å². The fourth-order valence-corrected chi connectivity index (χ4v) is 1.85. The van der Waals surface area contributed by atoms with E-state index in [9.17, 15) is 14.0 Å². The summed E-state index contributed by atoms with van der Waals surface area (Å²) in [5.41, 5.74) is 0.422. The van der Waals surface area contributed by atoms with Gasteiger partial charge >= 0.3 is 0 Å². The van der Waals surface area contributed by atoms with Gasteiger partial charge in [-0.05, 0) is 32.9 Å². The van der Waals surface area contributed by atoms with Crippen LogP contribution in [0.2, 0.25) is 0 Å². The Kier molecular flexibility index (Phi) is 6.65. The molecular weight excluding hydrogens is 273 g/mol. The van der Waals surface area contributed by atoms with E-state index in [1.807, 2.05) is 20.8 Å². The van der Waals surface area contributed by atoms with Crippen LogP contribution in [-0.4, -0.2) is 30.9 Å². The molecule has 1 aromatic carbocycles. The first-order chi connectivity index (χ1) is 9.95. The maximum atomic E-state index is 13.7. The minimum Gasteiger partial charge on any atom is -0.382 e. The molecule has 0 atom stereocenters. The van der Waals surface area contributed by atoms with Gasteiger partial charge in [0.25, 0.3) is 5.91 Å². The highest BCUT2D eigenvalue weighted by molar-refractivity contribution is 5.99. The molecule has 0 radical (unpaired) electrons. The Morgan fingerprint density at radius 3 is 2.62 bits per heavy atom. The summed E-state index contributed by atoms with van der Waals surface area (Å²) >= 11 is 0. The molecule has 0 heterocycles. The molecular formula is C15H22FN3O2. The van der Waals surface area contributed by atoms with Gasteiger partial charge in [-0.3, -0.25) is 9.59 Å². The predicted molar refractivity (Wildman–Crippen MR) is 80.8 cm³/mol. The van der Waals surface area contributed by atoms with E-state index in [-0.39, 0.29) is 36.2 Å². The second-order valence-corrected chi connectivity index (χ2v) is 4.92. The zero-order chi connectivity index (χ0) is 15.8. The molecule has 0 saturated heterocycles. The summed E-state index contributed by atoms with van der Waals surface area (Å²) in [6.07, 6.45) is 0.190. The van der Waals surface area contributed by atoms with Gasteiger partial charge in [-0.2, -0.15) is 0 Å². The van der Waals surface area contributed by atoms with Gasteiger partial charge in [-0.25, -0.2) is 4.39 Å². The van der Waals surface area contributed by atoms with E-state index in [4.69, 9.17) is 0 Å². The van der Waals surface area contributed by atoms with Crippen LogP contribution in [0.3, 0.4) is 0 Å². The van der Waals surface area contributed by atoms with Crippen molar-refractivity contribution in [2.75, 3.05) is 18.4 Å². The number of rotatable bonds is 7. The molecule has 116 valence electrons. The van der Waals surface area contributed by atoms with Crippen LogP contribution in [0, 0.1) is 5.82 Å². The van der Waals surface area contributed by atoms with Gasteiger partial charge in [0.05, 0.1) is 11.3 Å². The summed E-state index contributed by atoms with van der Waals surface area (Å²) in [6, 6.07) is 4.39. The first-order valence-corrected chi connectivity index (χ1v) is 7.05. The first kappa shape index (κ1) is 16.9. The summed E-state index contributed by atoms with van der Waals surface area (Å²) in [7, 11) is 0. The quantitative estimate of drug-likeness (QED) is 0.719. The number of benzene rings is 1. The number of para-hydroxylation sites is 1. The summed E-state index contributed by atoms with van der Waals surface area (Å²) in [4.78, 5) is 23.5. The monoisotopic (exact) mass is 295 g/mol. The lowest BCUT2D eigenvalue weighted by atomic mass is 10.1. The third-order valence-electron chi connectivity index (χ3n) is 2.70. The maximum absolute atomic E-state index is 13.7. The van der Waals surface area contributed by atoms with Crippen molar-refractivity contribution >= 4 is 17.5 Å². The summed E-state index contributed by atoms with van der Waals surface area (Å²) in [6.45, 7) is 6.28. The molecule has 0 bridgehead atoms. The molecule has 0 aliphatic rings. The molecule has 0 saturated carbocycles. The van der Waals surface area contributed by atoms with Crippen LogP contribution >= 0.6 is 0 Å². The zero-order valence-corrected chi connectivity index (χ0v) is 12.6. The molecule has 0 aliphatic carbocycles. The SMILES string of the molecule is CCNc1c(F)cccc1C(=O)NCCC(=O)NC(C)C. The van der Waals surface area contributed by atoms with Gasteiger partial charge < -0.3 is 16.0 Å². The topological polar surface area (TPSA) is 70.2 Å². The third-order valence-corrected chi connectivity index (χ3v) is 2.70. The summed E-state index contributed by atoms with van der Waals surface area (Å²) < 4.78 is 13.7. The maximum Gasteiger partial charge on any atom is 0.253 e. The van der Waals surface area contributed by atoms with Crippen LogP contribution in [0.1, 0.15) is 37.6 Å². The van der Waals surface area contributed by atoms with Crippen LogP contribution in [-0.2, 0) is 4.79 Å². The number of carbonyl (C=O) groups is 2. The molecule has 0 unspecified atom stereocenters. The van der Waals surface area contributed by atoms with Crippen molar-refractivity contribution in [3.8, 4) is 0 Å². The van der Waals surface area contributed by atoms with Crippen molar-refractivity contribution in [2.45, 2.75) is 33.2 Å². The number of nitrogens with one attached hydrogen (secondary N) is 3. The summed E-state index contributed by atoms with van der Waals surface area (Å²) in [5, 5.41) is 8.19. The first-order valence-electron chi connectivity index (χ1n) is 7.05. The smallest absolute Gasteiger partial charge is 0.253 e. The van der Waals surface area contributed by atoms with E-state index in [1.54, 1.807) is 6.07 Å². The lowest BCUT2D eigenvalue weighted by molar-refractivity contribution is -0.121. The molecule has 5 nitrogen and oxygen atoms in total. The van der Waals surface area contributed by atoms with Crippen molar-refractivity contribution in [3.05, 3.63) is 29.6 Å². The van der Waals surface area contributed by atoms with Crippen molar-refractivity contribution in [1.82, 2.24) is 10.6 Å². The van der Waals surface area contributed by atoms with E-state index in [0.29, 0.717) is 6.54 Å². The molecule has 21 heavy (non-hydrogen) atoms. The molecule has 0 aromatic heterocycles. The molecule has 2 amide bonds. The van der Waals surface area contributed by atoms with E-state index in [1.165, 1.54) is 12.1 Å². The second-order valence-electron chi connectivity index (χ2n) is 4.92. The number of hydrogen-bond donors (Lipinski definition) is 3. The van der Waals surface area contributed by atoms with Gasteiger partial charge in [0.15, 0.2) is 0 Å². The van der Waals surface area contributed by atoms with E-state index < -0.39 is 11.7 Å². The molecule has 0 fully saturated rings. The molecule has 0 spiro atoms. The lowest BCUT2D eigenvalue weighted by Gasteiger charge is -2.12. The highest BCUT2D eigenvalue weighted by Crippen LogP contribution is 2.19. The predicted octanol–water partition coefficient (Wildman–Crippen LogP) is 1.90. The largest absolute Gasteiger partial charge is 0.382 e. The van der Waals surface area contributed by atoms with Crippen molar-refractivity contribution < 1.29 is 14.0 Å². The van der Waals surface area contributed by atoms with Gasteiger partial charge in [0.2, 0.25) is 5.91 Å². The Labute approximate surface area is 124 Å². The Morgan fingerprint density at radius 2 is 2.00 bits per heavy atom. The highest BCUT2D eigenvalue weighted by atomic mass is 19.1. The minimum absolute atomic E-state index is 0.0665. The van der Waals surface area contributed by atoms with Crippen molar-refractivity contribution in [1.29, 1.82) is 0 Å². The molecule has 1 aromatic rings. The van der Waals surface area contributed by atoms with E-state index in [0.717, 1.165) is 0 Å². The molecule has 0 aliphatic heterocycles. The lowest BCUT2D eigenvalue weighted by Crippen LogP contribution is -2.34. The van der Waals surface area contributed by atoms with Crippen LogP contribution < -0.4 is 16.0 Å². The van der Waals surface area contributed by atoms with Crippen LogP contribution in [0.4, 0.5) is 10.1 Å². The highest BCUT2D eigenvalue weighted by Gasteiger charge is 2.14. The molecule has 1 rings (SSSR count). The van der Waals surface area contributed by atoms with Crippen LogP contribution in [0.25, 0.3) is 0 Å². The fourth-order valence-electron chi connectivity index (χ4n) is 1.85. The van der Waals surface area contributed by atoms with Crippen LogP contribution in [0.15, 0.2) is 18.2 Å². The summed E-state index contributed by atoms with van der Waals surface area (Å²) in [5.74, 6) is -0.999. The van der Waals surface area contributed by atoms with E-state index >= 15 is 0 Å². The Bertz CT molecular complexity index is 504. The minimum atomic E-state index is -0.470. The average Bonchev–Trinajstić information content (AvgIpc) is 2.40. The Morgan fingerprint density at radius 1 is 1.29 bits per heavy atom. The molecule has 6 heteroatoms. The normalized spacial score (nSPS) is 10.3. The van der Waals surface area contributed by atoms with Crippen molar-refractivity contribution in [2.24, 2.45) is 0 Å². The average molecular weight is 295 g/mol. The third kappa shape index (κ3) is 5.41. The Balaban J connectivity index is 2.60. The molecule has 3 N–H and O–H groups in total. The zero-order valence-electron chi connectivity index (χ0n) is 12.6.